The molecule has 0 radical (unpaired) electrons. The van der Waals surface area contributed by atoms with Crippen LogP contribution in [0.1, 0.15) is 45.4 Å². The third-order valence-corrected chi connectivity index (χ3v) is 3.37. The van der Waals surface area contributed by atoms with Gasteiger partial charge < -0.3 is 14.2 Å². The fourth-order valence-electron chi connectivity index (χ4n) is 2.19. The Morgan fingerprint density at radius 1 is 1.32 bits per heavy atom. The van der Waals surface area contributed by atoms with Crippen molar-refractivity contribution < 1.29 is 14.2 Å². The van der Waals surface area contributed by atoms with Crippen molar-refractivity contribution in [1.82, 2.24) is 0 Å². The van der Waals surface area contributed by atoms with Gasteiger partial charge in [-0.05, 0) is 50.0 Å². The van der Waals surface area contributed by atoms with Crippen molar-refractivity contribution in [3.63, 3.8) is 0 Å². The van der Waals surface area contributed by atoms with Crippen LogP contribution in [0.4, 0.5) is 0 Å². The Labute approximate surface area is 116 Å². The molecular weight excluding hydrogens is 240 g/mol. The van der Waals surface area contributed by atoms with Crippen LogP contribution in [0.25, 0.3) is 0 Å². The Balaban J connectivity index is 1.56. The summed E-state index contributed by atoms with van der Waals surface area (Å²) in [5.41, 5.74) is 0. The molecule has 2 aliphatic heterocycles. The first-order valence-corrected chi connectivity index (χ1v) is 7.41. The summed E-state index contributed by atoms with van der Waals surface area (Å²) in [5.74, 6) is 7.67. The van der Waals surface area contributed by atoms with E-state index in [1.165, 1.54) is 12.8 Å². The molecule has 3 heteroatoms. The van der Waals surface area contributed by atoms with Gasteiger partial charge in [0.25, 0.3) is 0 Å². The number of ether oxygens (including phenoxy) is 3. The van der Waals surface area contributed by atoms with E-state index in [2.05, 4.69) is 24.8 Å². The third-order valence-electron chi connectivity index (χ3n) is 3.37. The normalized spacial score (nSPS) is 26.9. The molecule has 0 spiro atoms. The molecule has 1 saturated heterocycles. The first-order valence-electron chi connectivity index (χ1n) is 7.41. The van der Waals surface area contributed by atoms with Crippen LogP contribution in [-0.2, 0) is 14.2 Å². The maximum Gasteiger partial charge on any atom is 0.166 e. The fraction of sp³-hybridized carbons (Fsp3) is 0.750. The van der Waals surface area contributed by atoms with Gasteiger partial charge in [-0.1, -0.05) is 12.8 Å². The summed E-state index contributed by atoms with van der Waals surface area (Å²) in [4.78, 5) is 0. The van der Waals surface area contributed by atoms with Gasteiger partial charge in [0.1, 0.15) is 0 Å². The Bertz CT molecular complexity index is 345. The quantitative estimate of drug-likeness (QED) is 0.576. The van der Waals surface area contributed by atoms with Crippen molar-refractivity contribution in [2.24, 2.45) is 5.92 Å². The summed E-state index contributed by atoms with van der Waals surface area (Å²) in [5, 5.41) is 0. The van der Waals surface area contributed by atoms with Crippen LogP contribution in [0, 0.1) is 17.8 Å². The standard InChI is InChI=1S/C16H24O3/c1-14-9-12-17-15(13-14)7-3-2-5-10-18-16-8-4-6-11-19-16/h13-14,16H,2,4-6,8-12H2,1H3. The number of allylic oxidation sites excluding steroid dienone is 2. The van der Waals surface area contributed by atoms with Crippen LogP contribution >= 0.6 is 0 Å². The minimum Gasteiger partial charge on any atom is -0.486 e. The van der Waals surface area contributed by atoms with Gasteiger partial charge in [-0.25, -0.2) is 0 Å². The number of rotatable bonds is 4. The average molecular weight is 264 g/mol. The highest BCUT2D eigenvalue weighted by Gasteiger charge is 2.13. The van der Waals surface area contributed by atoms with Crippen molar-refractivity contribution >= 4 is 0 Å². The molecule has 0 aromatic carbocycles. The zero-order valence-corrected chi connectivity index (χ0v) is 11.8. The van der Waals surface area contributed by atoms with Gasteiger partial charge in [-0.3, -0.25) is 0 Å². The van der Waals surface area contributed by atoms with E-state index >= 15 is 0 Å². The van der Waals surface area contributed by atoms with Gasteiger partial charge in [0, 0.05) is 13.0 Å². The van der Waals surface area contributed by atoms with E-state index in [9.17, 15) is 0 Å². The second kappa shape index (κ2) is 8.24. The fourth-order valence-corrected chi connectivity index (χ4v) is 2.19. The smallest absolute Gasteiger partial charge is 0.166 e. The molecule has 2 aliphatic rings. The molecule has 2 unspecified atom stereocenters. The molecule has 0 bridgehead atoms. The molecule has 0 aliphatic carbocycles. The molecule has 0 amide bonds. The molecule has 0 aromatic rings. The zero-order valence-electron chi connectivity index (χ0n) is 11.8. The van der Waals surface area contributed by atoms with Crippen LogP contribution < -0.4 is 0 Å². The molecule has 1 fully saturated rings. The second-order valence-electron chi connectivity index (χ2n) is 5.22. The van der Waals surface area contributed by atoms with E-state index in [4.69, 9.17) is 14.2 Å². The molecular formula is C16H24O3. The van der Waals surface area contributed by atoms with Gasteiger partial charge in [0.2, 0.25) is 0 Å². The van der Waals surface area contributed by atoms with Crippen LogP contribution in [0.15, 0.2) is 11.8 Å². The molecule has 2 atom stereocenters. The Kier molecular flexibility index (Phi) is 6.26. The molecule has 0 N–H and O–H groups in total. The van der Waals surface area contributed by atoms with Crippen LogP contribution in [0.3, 0.4) is 0 Å². The van der Waals surface area contributed by atoms with E-state index < -0.39 is 0 Å². The summed E-state index contributed by atoms with van der Waals surface area (Å²) >= 11 is 0. The van der Waals surface area contributed by atoms with Crippen LogP contribution in [-0.4, -0.2) is 26.1 Å². The summed E-state index contributed by atoms with van der Waals surface area (Å²) in [6.45, 7) is 4.57. The molecule has 106 valence electrons. The summed E-state index contributed by atoms with van der Waals surface area (Å²) < 4.78 is 16.6. The van der Waals surface area contributed by atoms with Crippen molar-refractivity contribution in [1.29, 1.82) is 0 Å². The van der Waals surface area contributed by atoms with E-state index in [1.54, 1.807) is 0 Å². The maximum atomic E-state index is 5.66. The first-order chi connectivity index (χ1) is 9.34. The predicted octanol–water partition coefficient (Wildman–Crippen LogP) is 3.25. The molecule has 2 rings (SSSR count). The minimum absolute atomic E-state index is 0.0203. The van der Waals surface area contributed by atoms with E-state index in [1.807, 2.05) is 0 Å². The van der Waals surface area contributed by atoms with Gasteiger partial charge in [0.05, 0.1) is 13.2 Å². The average Bonchev–Trinajstić information content (AvgIpc) is 2.44. The summed E-state index contributed by atoms with van der Waals surface area (Å²) in [6, 6.07) is 0. The topological polar surface area (TPSA) is 27.7 Å². The molecule has 19 heavy (non-hydrogen) atoms. The Hall–Kier alpha value is -0.980. The lowest BCUT2D eigenvalue weighted by Gasteiger charge is -2.22. The van der Waals surface area contributed by atoms with Gasteiger partial charge >= 0.3 is 0 Å². The second-order valence-corrected chi connectivity index (χ2v) is 5.22. The van der Waals surface area contributed by atoms with Gasteiger partial charge in [-0.15, -0.1) is 0 Å². The lowest BCUT2D eigenvalue weighted by Crippen LogP contribution is -2.22. The van der Waals surface area contributed by atoms with E-state index in [-0.39, 0.29) is 6.29 Å². The monoisotopic (exact) mass is 264 g/mol. The van der Waals surface area contributed by atoms with Crippen LogP contribution in [0.2, 0.25) is 0 Å². The minimum atomic E-state index is 0.0203. The van der Waals surface area contributed by atoms with Gasteiger partial charge in [-0.2, -0.15) is 0 Å². The third kappa shape index (κ3) is 5.67. The Morgan fingerprint density at radius 2 is 2.26 bits per heavy atom. The highest BCUT2D eigenvalue weighted by atomic mass is 16.7. The van der Waals surface area contributed by atoms with Crippen LogP contribution in [0.5, 0.6) is 0 Å². The lowest BCUT2D eigenvalue weighted by atomic mass is 10.1. The highest BCUT2D eigenvalue weighted by Crippen LogP contribution is 2.15. The predicted molar refractivity (Wildman–Crippen MR) is 74.4 cm³/mol. The first kappa shape index (κ1) is 14.4. The van der Waals surface area contributed by atoms with Crippen molar-refractivity contribution in [2.75, 3.05) is 19.8 Å². The lowest BCUT2D eigenvalue weighted by molar-refractivity contribution is -0.162. The van der Waals surface area contributed by atoms with Crippen molar-refractivity contribution in [3.05, 3.63) is 11.8 Å². The SMILES string of the molecule is CC1C=C(C#CCCCOC2CCCCO2)OCC1. The Morgan fingerprint density at radius 3 is 3.05 bits per heavy atom. The van der Waals surface area contributed by atoms with E-state index in [0.29, 0.717) is 5.92 Å². The molecule has 2 heterocycles. The molecule has 0 saturated carbocycles. The summed E-state index contributed by atoms with van der Waals surface area (Å²) in [7, 11) is 0. The largest absolute Gasteiger partial charge is 0.486 e. The van der Waals surface area contributed by atoms with Gasteiger partial charge in [0.15, 0.2) is 12.0 Å². The number of unbranched alkanes of at least 4 members (excludes halogenated alkanes) is 1. The molecule has 3 nitrogen and oxygen atoms in total. The van der Waals surface area contributed by atoms with E-state index in [0.717, 1.165) is 51.3 Å². The number of hydrogen-bond donors (Lipinski definition) is 0. The maximum absolute atomic E-state index is 5.66. The summed E-state index contributed by atoms with van der Waals surface area (Å²) in [6.07, 6.45) is 8.45. The zero-order chi connectivity index (χ0) is 13.3. The van der Waals surface area contributed by atoms with Crippen molar-refractivity contribution in [3.8, 4) is 11.8 Å². The number of hydrogen-bond acceptors (Lipinski definition) is 3. The van der Waals surface area contributed by atoms with Crippen molar-refractivity contribution in [2.45, 2.75) is 51.7 Å². The molecule has 0 aromatic heterocycles. The highest BCUT2D eigenvalue weighted by molar-refractivity contribution is 5.24.